The number of nitrogens with two attached hydrogens (primary N) is 1. The minimum atomic E-state index is -4.02. The van der Waals surface area contributed by atoms with E-state index in [4.69, 9.17) is 49.3 Å². The van der Waals surface area contributed by atoms with Gasteiger partial charge in [0.1, 0.15) is 48.4 Å². The van der Waals surface area contributed by atoms with E-state index >= 15 is 0 Å². The summed E-state index contributed by atoms with van der Waals surface area (Å²) in [6.07, 6.45) is 14.3. The zero-order valence-corrected chi connectivity index (χ0v) is 74.6. The number of nitriles is 1. The number of thiophene rings is 1. The van der Waals surface area contributed by atoms with Crippen molar-refractivity contribution in [3.05, 3.63) is 178 Å². The number of sulfonamides is 1. The van der Waals surface area contributed by atoms with Gasteiger partial charge in [0.2, 0.25) is 16.0 Å². The Morgan fingerprint density at radius 2 is 1.15 bits per heavy atom. The monoisotopic (exact) mass is 1790 g/mol. The van der Waals surface area contributed by atoms with Gasteiger partial charge in [-0.3, -0.25) is 49.0 Å². The number of non-ortho nitro benzene ring substituents is 2. The topological polar surface area (TPSA) is 392 Å². The summed E-state index contributed by atoms with van der Waals surface area (Å²) < 4.78 is 80.6. The van der Waals surface area contributed by atoms with Crippen molar-refractivity contribution in [3.63, 3.8) is 0 Å². The third-order valence-corrected chi connectivity index (χ3v) is 21.0. The normalized spacial score (nSPS) is 14.8. The minimum absolute atomic E-state index is 0. The van der Waals surface area contributed by atoms with E-state index < -0.39 is 35.5 Å². The average molecular weight is 1790 g/mol. The van der Waals surface area contributed by atoms with Crippen molar-refractivity contribution in [1.82, 2.24) is 44.1 Å². The fourth-order valence-corrected chi connectivity index (χ4v) is 14.1. The van der Waals surface area contributed by atoms with Crippen LogP contribution in [0.4, 0.5) is 28.7 Å². The van der Waals surface area contributed by atoms with Crippen molar-refractivity contribution in [2.45, 2.75) is 82.1 Å². The second kappa shape index (κ2) is 53.2. The molecule has 0 amide bonds. The molecule has 0 atom stereocenters. The fourth-order valence-electron chi connectivity index (χ4n) is 11.3. The number of fused-ring (bicyclic) bond motifs is 1. The maximum Gasteiger partial charge on any atom is 1.00 e. The van der Waals surface area contributed by atoms with E-state index in [-0.39, 0.29) is 181 Å². The number of carbonyl (C=O) groups excluding carboxylic acids is 1. The van der Waals surface area contributed by atoms with Crippen LogP contribution in [0.2, 0.25) is 0 Å². The first-order valence-electron chi connectivity index (χ1n) is 34.7. The first-order valence-corrected chi connectivity index (χ1v) is 39.8. The van der Waals surface area contributed by atoms with Crippen LogP contribution in [0.5, 0.6) is 23.0 Å². The van der Waals surface area contributed by atoms with Gasteiger partial charge in [0.05, 0.1) is 61.7 Å². The molecule has 3 aromatic heterocycles. The summed E-state index contributed by atoms with van der Waals surface area (Å²) in [6.45, 7) is 18.8. The molecule has 0 spiro atoms. The van der Waals surface area contributed by atoms with Gasteiger partial charge in [-0.25, -0.2) is 18.4 Å². The Morgan fingerprint density at radius 1 is 0.709 bits per heavy atom. The van der Waals surface area contributed by atoms with Crippen molar-refractivity contribution >= 4 is 92.8 Å². The predicted molar refractivity (Wildman–Crippen MR) is 417 cm³/mol. The number of nitro groups is 2. The zero-order valence-electron chi connectivity index (χ0n) is 63.7. The molecule has 110 heavy (non-hydrogen) atoms. The van der Waals surface area contributed by atoms with Gasteiger partial charge < -0.3 is 54.3 Å². The quantitative estimate of drug-likeness (QED) is 0.00631. The summed E-state index contributed by atoms with van der Waals surface area (Å²) in [5, 5.41) is 52.5. The number of nitro benzene ring substituents is 2. The zero-order chi connectivity index (χ0) is 76.2. The molecular weight excluding hydrogens is 1690 g/mol. The third kappa shape index (κ3) is 34.6. The Kier molecular flexibility index (Phi) is 47.9. The van der Waals surface area contributed by atoms with Gasteiger partial charge in [0.15, 0.2) is 0 Å². The van der Waals surface area contributed by atoms with Gasteiger partial charge >= 0.3 is 103 Å². The molecule has 8 heterocycles. The number of hydrogen-bond donors (Lipinski definition) is 4. The Balaban J connectivity index is 0.000000738. The summed E-state index contributed by atoms with van der Waals surface area (Å²) >= 11 is 4.76. The van der Waals surface area contributed by atoms with Crippen molar-refractivity contribution in [1.29, 1.82) is 5.26 Å². The van der Waals surface area contributed by atoms with E-state index in [2.05, 4.69) is 57.3 Å². The maximum atomic E-state index is 12.3. The Hall–Kier alpha value is -5.05. The van der Waals surface area contributed by atoms with Crippen molar-refractivity contribution < 1.29 is 191 Å². The van der Waals surface area contributed by atoms with Crippen LogP contribution in [-0.4, -0.2) is 199 Å². The van der Waals surface area contributed by atoms with E-state index in [1.54, 1.807) is 65.5 Å². The summed E-state index contributed by atoms with van der Waals surface area (Å²) in [4.78, 5) is 47.8. The van der Waals surface area contributed by atoms with Crippen LogP contribution in [0.3, 0.4) is 0 Å². The van der Waals surface area contributed by atoms with Crippen LogP contribution in [0.25, 0.3) is 21.5 Å². The van der Waals surface area contributed by atoms with Gasteiger partial charge in [0, 0.05) is 107 Å². The van der Waals surface area contributed by atoms with Crippen LogP contribution >= 0.6 is 27.3 Å². The van der Waals surface area contributed by atoms with Crippen LogP contribution in [0.15, 0.2) is 150 Å². The predicted octanol–water partition coefficient (Wildman–Crippen LogP) is 5.09. The summed E-state index contributed by atoms with van der Waals surface area (Å²) in [5.74, 6) is 3.55. The first-order chi connectivity index (χ1) is 51.1. The molecule has 5 N–H and O–H groups in total. The second-order valence-electron chi connectivity index (χ2n) is 24.8. The van der Waals surface area contributed by atoms with Gasteiger partial charge in [0.25, 0.3) is 28.0 Å². The van der Waals surface area contributed by atoms with E-state index in [1.807, 2.05) is 73.1 Å². The largest absolute Gasteiger partial charge is 1.00 e. The van der Waals surface area contributed by atoms with Gasteiger partial charge in [-0.2, -0.15) is 23.1 Å². The Bertz CT molecular complexity index is 4240. The number of ether oxygens (including phenoxy) is 4. The second-order valence-corrected chi connectivity index (χ2v) is 30.2. The standard InChI is InChI=1S/C28H32N8O3S2.C12H16N2O3.C12H18N2O.C8H8BrNO3.C7H8O3S.C4H9N.CH2O3.CH3.2K.Pd.H2.H/c1-2-41(37,38)35-19-28(20-35,10-11-29)36-18-21(17-30-36)25-26-24(9-16-40-26)32-27(33-25)31-22-5-7-23(8-6-22)39-15-14-34-12-3-4-13-34;15-14(16)11-3-5-12(6-4-11)17-10-9-13-7-1-2-8-13;13-11-3-5-12(6-4-11)15-10-9-14-7-1-2-8-14;9-5-6-13-8-3-1-7(2-4-8)10(11)12;1-6-2-4-7(5-3-6)11(8,9)10;1-2-4-5-3-1;2-1-4-3;;;;;;/h5-9,16-18H,2-4,10,12-15,19-20H2,1H3,(H,31,32,33);3-6H,1-2,7-10H2;3-6H,1-2,7-10,13H2;1-4H,5-6H2;2-5H,1H3,(H,8,9,10);5H,1-4H2;1,3H;1H3;;;;1H;/q;;;;;;;-1;2*+1;;;-1/p-1. The van der Waals surface area contributed by atoms with E-state index in [0.29, 0.717) is 37.3 Å². The van der Waals surface area contributed by atoms with Crippen molar-refractivity contribution in [2.24, 2.45) is 0 Å². The fraction of sp³-hybridized carbons (Fsp3) is 0.425. The van der Waals surface area contributed by atoms with Crippen LogP contribution in [-0.2, 0) is 55.8 Å². The number of nitrogens with zero attached hydrogens (tertiary/aromatic N) is 11. The molecule has 5 aromatic carbocycles. The number of aromatic nitrogens is 4. The SMILES string of the molecule is C1CCNC1.CCS(=O)(=O)N1CC(CC#N)(n2cc(-c3nc(Nc4ccc(OCCN5CCCC5)cc4)nc4ccsc34)cn2)C1.Cc1ccc(S(=O)(=O)O)cc1.Nc1ccc(OCCN2CCCC2)cc1.O=CO[O-].O=[N+]([O-])c1ccc(OCCBr)cc1.O=[N+]([O-])c1ccc(OCCN2CCCC2)cc1.[CH3-].[H-].[HH].[K+].[K+].[Pd]. The maximum absolute atomic E-state index is 12.3. The molecular formula is C73H98BrK2N14O16PdS3-. The molecule has 0 bridgehead atoms. The number of anilines is 3. The molecule has 0 radical (unpaired) electrons. The number of nitrogens with one attached hydrogen (secondary N) is 2. The van der Waals surface area contributed by atoms with Gasteiger partial charge in [-0.1, -0.05) is 33.6 Å². The molecule has 594 valence electrons. The molecule has 5 saturated heterocycles. The number of halogens is 1. The molecule has 37 heteroatoms. The van der Waals surface area contributed by atoms with Crippen molar-refractivity contribution in [2.75, 3.05) is 134 Å². The smallest absolute Gasteiger partial charge is 1.00 e. The van der Waals surface area contributed by atoms with Crippen LogP contribution in [0, 0.1) is 45.9 Å². The van der Waals surface area contributed by atoms with Gasteiger partial charge in [-0.05, 0) is 214 Å². The number of alkyl halides is 1. The van der Waals surface area contributed by atoms with Crippen LogP contribution < -0.4 is 143 Å². The molecule has 13 rings (SSSR count). The summed E-state index contributed by atoms with van der Waals surface area (Å²) in [6, 6.07) is 37.7. The summed E-state index contributed by atoms with van der Waals surface area (Å²) in [7, 11) is -7.35. The van der Waals surface area contributed by atoms with Gasteiger partial charge in [-0.15, -0.1) is 11.3 Å². The van der Waals surface area contributed by atoms with Crippen molar-refractivity contribution in [3.8, 4) is 40.3 Å². The number of nitrogen functional groups attached to an aromatic ring is 1. The first kappa shape index (κ1) is 99.1. The molecule has 0 aliphatic carbocycles. The Morgan fingerprint density at radius 3 is 1.54 bits per heavy atom. The van der Waals surface area contributed by atoms with E-state index in [1.165, 1.54) is 118 Å². The third-order valence-electron chi connectivity index (χ3n) is 17.1. The number of benzene rings is 5. The number of hydrogen-bond acceptors (Lipinski definition) is 26. The number of carbonyl (C=O) groups is 1. The summed E-state index contributed by atoms with van der Waals surface area (Å²) in [5.41, 5.74) is 9.95. The van der Waals surface area contributed by atoms with E-state index in [9.17, 15) is 42.3 Å². The molecule has 0 saturated carbocycles. The minimum Gasteiger partial charge on any atom is -1.00 e. The number of rotatable bonds is 26. The van der Waals surface area contributed by atoms with Crippen LogP contribution in [0.1, 0.15) is 73.1 Å². The molecule has 8 aromatic rings. The number of likely N-dealkylation sites (tertiary alicyclic amines) is 3. The Labute approximate surface area is 758 Å². The molecule has 0 unspecified atom stereocenters. The molecule has 5 aliphatic heterocycles. The number of aryl methyl sites for hydroxylation is 1. The molecule has 5 fully saturated rings. The van der Waals surface area contributed by atoms with E-state index in [0.717, 1.165) is 108 Å². The molecule has 30 nitrogen and oxygen atoms in total. The average Bonchev–Trinajstić information content (AvgIpc) is 1.40. The molecule has 5 aliphatic rings.